The zero-order valence-electron chi connectivity index (χ0n) is 10.5. The van der Waals surface area contributed by atoms with Gasteiger partial charge in [-0.15, -0.1) is 0 Å². The van der Waals surface area contributed by atoms with Crippen LogP contribution in [0.2, 0.25) is 0 Å². The van der Waals surface area contributed by atoms with E-state index in [0.29, 0.717) is 11.3 Å². The molecule has 1 aliphatic heterocycles. The SMILES string of the molecule is C[C@]12OC[C@@]3(CCCC31)CC[C@@H]2NC(=O)C(Cl)Cl. The molecule has 0 radical (unpaired) electrons. The maximum Gasteiger partial charge on any atom is 0.253 e. The minimum atomic E-state index is -0.995. The molecule has 1 N–H and O–H groups in total. The lowest BCUT2D eigenvalue weighted by Gasteiger charge is -2.45. The largest absolute Gasteiger partial charge is 0.372 e. The van der Waals surface area contributed by atoms with E-state index in [-0.39, 0.29) is 17.6 Å². The second-order valence-electron chi connectivity index (χ2n) is 6.18. The number of carbonyl (C=O) groups excluding carboxylic acids is 1. The predicted octanol–water partition coefficient (Wildman–Crippen LogP) is 2.64. The Bertz CT molecular complexity index is 376. The van der Waals surface area contributed by atoms with Crippen LogP contribution in [0.3, 0.4) is 0 Å². The Hall–Kier alpha value is 0.01000. The summed E-state index contributed by atoms with van der Waals surface area (Å²) in [5.41, 5.74) is 0.157. The number of halogens is 2. The summed E-state index contributed by atoms with van der Waals surface area (Å²) in [6.45, 7) is 3.00. The average molecular weight is 292 g/mol. The third-order valence-corrected chi connectivity index (χ3v) is 5.80. The van der Waals surface area contributed by atoms with Crippen LogP contribution in [0.1, 0.15) is 39.0 Å². The van der Waals surface area contributed by atoms with E-state index in [1.165, 1.54) is 19.3 Å². The van der Waals surface area contributed by atoms with Gasteiger partial charge in [0.05, 0.1) is 18.2 Å². The first-order chi connectivity index (χ1) is 8.48. The normalized spacial score (nSPS) is 46.2. The molecule has 2 saturated carbocycles. The minimum Gasteiger partial charge on any atom is -0.372 e. The third kappa shape index (κ3) is 1.70. The van der Waals surface area contributed by atoms with Crippen LogP contribution in [0.25, 0.3) is 0 Å². The molecule has 0 aromatic rings. The summed E-state index contributed by atoms with van der Waals surface area (Å²) in [6.07, 6.45) is 5.90. The highest BCUT2D eigenvalue weighted by atomic mass is 35.5. The van der Waals surface area contributed by atoms with Crippen molar-refractivity contribution in [2.24, 2.45) is 11.3 Å². The van der Waals surface area contributed by atoms with Gasteiger partial charge in [-0.05, 0) is 43.9 Å². The van der Waals surface area contributed by atoms with Crippen molar-refractivity contribution in [3.8, 4) is 0 Å². The molecule has 0 aromatic carbocycles. The van der Waals surface area contributed by atoms with Gasteiger partial charge in [-0.25, -0.2) is 0 Å². The van der Waals surface area contributed by atoms with Gasteiger partial charge in [-0.3, -0.25) is 4.79 Å². The molecular weight excluding hydrogens is 273 g/mol. The molecule has 3 nitrogen and oxygen atoms in total. The fraction of sp³-hybridized carbons (Fsp3) is 0.923. The first-order valence-electron chi connectivity index (χ1n) is 6.70. The number of alkyl halides is 2. The first kappa shape index (κ1) is 13.0. The van der Waals surface area contributed by atoms with Crippen LogP contribution in [0.4, 0.5) is 0 Å². The van der Waals surface area contributed by atoms with Crippen molar-refractivity contribution in [3.05, 3.63) is 0 Å². The Morgan fingerprint density at radius 3 is 2.89 bits per heavy atom. The van der Waals surface area contributed by atoms with Gasteiger partial charge in [0.15, 0.2) is 4.84 Å². The van der Waals surface area contributed by atoms with E-state index >= 15 is 0 Å². The molecule has 4 atom stereocenters. The molecule has 102 valence electrons. The van der Waals surface area contributed by atoms with Crippen LogP contribution >= 0.6 is 23.2 Å². The van der Waals surface area contributed by atoms with Crippen molar-refractivity contribution < 1.29 is 9.53 Å². The van der Waals surface area contributed by atoms with E-state index in [9.17, 15) is 4.79 Å². The molecule has 3 fully saturated rings. The highest BCUT2D eigenvalue weighted by molar-refractivity contribution is 6.53. The lowest BCUT2D eigenvalue weighted by Crippen LogP contribution is -2.58. The Labute approximate surface area is 118 Å². The van der Waals surface area contributed by atoms with Crippen LogP contribution in [0.15, 0.2) is 0 Å². The molecule has 0 aromatic heterocycles. The van der Waals surface area contributed by atoms with Gasteiger partial charge in [-0.1, -0.05) is 29.6 Å². The summed E-state index contributed by atoms with van der Waals surface area (Å²) < 4.78 is 6.11. The van der Waals surface area contributed by atoms with Crippen molar-refractivity contribution in [2.45, 2.75) is 55.5 Å². The van der Waals surface area contributed by atoms with E-state index in [1.54, 1.807) is 0 Å². The Morgan fingerprint density at radius 2 is 2.17 bits per heavy atom. The Morgan fingerprint density at radius 1 is 1.39 bits per heavy atom. The van der Waals surface area contributed by atoms with Crippen molar-refractivity contribution >= 4 is 29.1 Å². The zero-order valence-corrected chi connectivity index (χ0v) is 12.1. The quantitative estimate of drug-likeness (QED) is 0.795. The molecule has 2 aliphatic carbocycles. The van der Waals surface area contributed by atoms with Crippen molar-refractivity contribution in [1.29, 1.82) is 0 Å². The van der Waals surface area contributed by atoms with Gasteiger partial charge in [0.25, 0.3) is 5.91 Å². The van der Waals surface area contributed by atoms with Crippen LogP contribution in [0.5, 0.6) is 0 Å². The van der Waals surface area contributed by atoms with Gasteiger partial charge in [0.2, 0.25) is 0 Å². The average Bonchev–Trinajstić information content (AvgIpc) is 2.82. The molecule has 0 spiro atoms. The zero-order chi connectivity index (χ0) is 13.0. The fourth-order valence-electron chi connectivity index (χ4n) is 4.49. The summed E-state index contributed by atoms with van der Waals surface area (Å²) in [6, 6.07) is 0.0451. The number of hydrogen-bond acceptors (Lipinski definition) is 2. The maximum atomic E-state index is 11.7. The van der Waals surface area contributed by atoms with E-state index < -0.39 is 4.84 Å². The number of nitrogens with one attached hydrogen (secondary N) is 1. The summed E-state index contributed by atoms with van der Waals surface area (Å²) in [5, 5.41) is 2.97. The van der Waals surface area contributed by atoms with Crippen LogP contribution in [-0.4, -0.2) is 29.0 Å². The molecule has 3 rings (SSSR count). The van der Waals surface area contributed by atoms with Crippen molar-refractivity contribution in [3.63, 3.8) is 0 Å². The second-order valence-corrected chi connectivity index (χ2v) is 7.28. The van der Waals surface area contributed by atoms with E-state index in [0.717, 1.165) is 19.4 Å². The summed E-state index contributed by atoms with van der Waals surface area (Å²) >= 11 is 11.2. The lowest BCUT2D eigenvalue weighted by molar-refractivity contribution is -0.124. The van der Waals surface area contributed by atoms with E-state index in [2.05, 4.69) is 12.2 Å². The molecule has 1 unspecified atom stereocenters. The van der Waals surface area contributed by atoms with Gasteiger partial charge < -0.3 is 10.1 Å². The lowest BCUT2D eigenvalue weighted by atomic mass is 9.62. The molecule has 2 bridgehead atoms. The number of amides is 1. The first-order valence-corrected chi connectivity index (χ1v) is 7.58. The highest BCUT2D eigenvalue weighted by Gasteiger charge is 2.63. The molecular formula is C13H19Cl2NO2. The monoisotopic (exact) mass is 291 g/mol. The Balaban J connectivity index is 1.80. The fourth-order valence-corrected chi connectivity index (χ4v) is 4.62. The van der Waals surface area contributed by atoms with E-state index in [1.807, 2.05) is 0 Å². The van der Waals surface area contributed by atoms with E-state index in [4.69, 9.17) is 27.9 Å². The standard InChI is InChI=1S/C13H19Cl2NO2/c1-12-8-3-2-5-13(8,7-18-12)6-4-9(12)16-11(17)10(14)15/h8-10H,2-7H2,1H3,(H,16,17)/t8?,9-,12-,13+/m0/s1. The van der Waals surface area contributed by atoms with Crippen LogP contribution in [0, 0.1) is 11.3 Å². The number of hydrogen-bond donors (Lipinski definition) is 1. The third-order valence-electron chi connectivity index (χ3n) is 5.41. The molecule has 1 heterocycles. The molecule has 18 heavy (non-hydrogen) atoms. The molecule has 3 aliphatic rings. The number of rotatable bonds is 2. The molecule has 5 heteroatoms. The Kier molecular flexibility index (Phi) is 3.08. The van der Waals surface area contributed by atoms with Gasteiger partial charge >= 0.3 is 0 Å². The van der Waals surface area contributed by atoms with Crippen molar-refractivity contribution in [1.82, 2.24) is 5.32 Å². The van der Waals surface area contributed by atoms with Gasteiger partial charge in [0, 0.05) is 0 Å². The van der Waals surface area contributed by atoms with Crippen LogP contribution in [-0.2, 0) is 9.53 Å². The molecule has 1 amide bonds. The van der Waals surface area contributed by atoms with Crippen LogP contribution < -0.4 is 5.32 Å². The summed E-state index contributed by atoms with van der Waals surface area (Å²) in [4.78, 5) is 10.7. The summed E-state index contributed by atoms with van der Waals surface area (Å²) in [7, 11) is 0. The predicted molar refractivity (Wildman–Crippen MR) is 70.8 cm³/mol. The minimum absolute atomic E-state index is 0.0451. The van der Waals surface area contributed by atoms with Gasteiger partial charge in [0.1, 0.15) is 0 Å². The number of carbonyl (C=O) groups is 1. The smallest absolute Gasteiger partial charge is 0.253 e. The second kappa shape index (κ2) is 4.26. The van der Waals surface area contributed by atoms with Crippen molar-refractivity contribution in [2.75, 3.05) is 6.61 Å². The molecule has 1 saturated heterocycles. The number of ether oxygens (including phenoxy) is 1. The topological polar surface area (TPSA) is 38.3 Å². The maximum absolute atomic E-state index is 11.7. The van der Waals surface area contributed by atoms with Gasteiger partial charge in [-0.2, -0.15) is 0 Å². The highest BCUT2D eigenvalue weighted by Crippen LogP contribution is 2.62. The summed E-state index contributed by atoms with van der Waals surface area (Å²) in [5.74, 6) is 0.277.